The van der Waals surface area contributed by atoms with E-state index in [1.54, 1.807) is 7.11 Å². The highest BCUT2D eigenvalue weighted by atomic mass is 32.1. The first kappa shape index (κ1) is 19.0. The van der Waals surface area contributed by atoms with Gasteiger partial charge in [-0.05, 0) is 37.7 Å². The minimum atomic E-state index is 0.444. The standard InChI is InChI=1S/C17H25N5O2S/c1-13-11-19-12-22(13)8-3-7-20-17(25)21-14-4-5-15(24-9-6-18)16(10-14)23-2/h4-5,10-12H,3,6-9,18H2,1-2H3,(H2,20,21,25). The van der Waals surface area contributed by atoms with Crippen LogP contribution in [0.3, 0.4) is 0 Å². The Kier molecular flexibility index (Phi) is 7.49. The quantitative estimate of drug-likeness (QED) is 0.463. The first-order valence-corrected chi connectivity index (χ1v) is 8.57. The van der Waals surface area contributed by atoms with Crippen molar-refractivity contribution >= 4 is 23.0 Å². The van der Waals surface area contributed by atoms with Crippen LogP contribution in [0.1, 0.15) is 12.1 Å². The van der Waals surface area contributed by atoms with Crippen molar-refractivity contribution < 1.29 is 9.47 Å². The van der Waals surface area contributed by atoms with Gasteiger partial charge in [0, 0.05) is 43.3 Å². The molecule has 2 aromatic rings. The van der Waals surface area contributed by atoms with E-state index in [4.69, 9.17) is 27.4 Å². The number of nitrogens with one attached hydrogen (secondary N) is 2. The summed E-state index contributed by atoms with van der Waals surface area (Å²) in [6, 6.07) is 5.56. The molecule has 0 fully saturated rings. The molecule has 0 bridgehead atoms. The molecule has 0 aliphatic rings. The molecule has 1 aromatic heterocycles. The lowest BCUT2D eigenvalue weighted by atomic mass is 10.2. The van der Waals surface area contributed by atoms with Crippen molar-refractivity contribution in [1.82, 2.24) is 14.9 Å². The van der Waals surface area contributed by atoms with Crippen molar-refractivity contribution in [3.8, 4) is 11.5 Å². The third-order valence-corrected chi connectivity index (χ3v) is 3.83. The molecular formula is C17H25N5O2S. The number of ether oxygens (including phenoxy) is 2. The second-order valence-electron chi connectivity index (χ2n) is 5.47. The van der Waals surface area contributed by atoms with Gasteiger partial charge in [0.05, 0.1) is 13.4 Å². The van der Waals surface area contributed by atoms with Crippen molar-refractivity contribution in [3.05, 3.63) is 36.4 Å². The molecule has 0 atom stereocenters. The van der Waals surface area contributed by atoms with Gasteiger partial charge in [-0.2, -0.15) is 0 Å². The number of methoxy groups -OCH3 is 1. The summed E-state index contributed by atoms with van der Waals surface area (Å²) in [5.41, 5.74) is 7.44. The highest BCUT2D eigenvalue weighted by Crippen LogP contribution is 2.30. The number of imidazole rings is 1. The largest absolute Gasteiger partial charge is 0.493 e. The van der Waals surface area contributed by atoms with E-state index in [1.165, 1.54) is 0 Å². The van der Waals surface area contributed by atoms with E-state index in [-0.39, 0.29) is 0 Å². The average molecular weight is 363 g/mol. The molecule has 0 saturated carbocycles. The Hall–Kier alpha value is -2.32. The molecule has 25 heavy (non-hydrogen) atoms. The minimum absolute atomic E-state index is 0.444. The Morgan fingerprint density at radius 3 is 2.88 bits per heavy atom. The number of anilines is 1. The van der Waals surface area contributed by atoms with Crippen molar-refractivity contribution in [2.75, 3.05) is 32.1 Å². The molecule has 4 N–H and O–H groups in total. The SMILES string of the molecule is COc1cc(NC(=S)NCCCn2cncc2C)ccc1OCCN. The lowest BCUT2D eigenvalue weighted by molar-refractivity contribution is 0.302. The highest BCUT2D eigenvalue weighted by molar-refractivity contribution is 7.80. The Balaban J connectivity index is 1.78. The van der Waals surface area contributed by atoms with Crippen LogP contribution in [0.2, 0.25) is 0 Å². The van der Waals surface area contributed by atoms with E-state index >= 15 is 0 Å². The van der Waals surface area contributed by atoms with Gasteiger partial charge in [0.2, 0.25) is 0 Å². The lowest BCUT2D eigenvalue weighted by Crippen LogP contribution is -2.29. The average Bonchev–Trinajstić information content (AvgIpc) is 3.02. The van der Waals surface area contributed by atoms with Gasteiger partial charge in [0.25, 0.3) is 0 Å². The lowest BCUT2D eigenvalue weighted by Gasteiger charge is -2.14. The molecule has 1 aromatic carbocycles. The molecule has 0 aliphatic carbocycles. The van der Waals surface area contributed by atoms with Crippen LogP contribution in [0.4, 0.5) is 5.69 Å². The predicted octanol–water partition coefficient (Wildman–Crippen LogP) is 1.91. The van der Waals surface area contributed by atoms with Crippen molar-refractivity contribution in [2.24, 2.45) is 5.73 Å². The van der Waals surface area contributed by atoms with Crippen LogP contribution < -0.4 is 25.8 Å². The summed E-state index contributed by atoms with van der Waals surface area (Å²) in [5, 5.41) is 6.91. The maximum atomic E-state index is 5.53. The maximum absolute atomic E-state index is 5.53. The third kappa shape index (κ3) is 5.91. The van der Waals surface area contributed by atoms with Crippen LogP contribution in [0.15, 0.2) is 30.7 Å². The fourth-order valence-corrected chi connectivity index (χ4v) is 2.50. The van der Waals surface area contributed by atoms with Gasteiger partial charge in [0.15, 0.2) is 16.6 Å². The minimum Gasteiger partial charge on any atom is -0.493 e. The summed E-state index contributed by atoms with van der Waals surface area (Å²) in [6.07, 6.45) is 4.65. The number of rotatable bonds is 9. The molecular weight excluding hydrogens is 338 g/mol. The fourth-order valence-electron chi connectivity index (χ4n) is 2.28. The van der Waals surface area contributed by atoms with Crippen LogP contribution in [-0.4, -0.2) is 41.5 Å². The molecule has 136 valence electrons. The van der Waals surface area contributed by atoms with Crippen LogP contribution in [0, 0.1) is 6.92 Å². The van der Waals surface area contributed by atoms with E-state index in [9.17, 15) is 0 Å². The van der Waals surface area contributed by atoms with Gasteiger partial charge in [0.1, 0.15) is 6.61 Å². The Labute approximate surface area is 153 Å². The smallest absolute Gasteiger partial charge is 0.170 e. The topological polar surface area (TPSA) is 86.4 Å². The number of hydrogen-bond acceptors (Lipinski definition) is 5. The molecule has 0 spiro atoms. The van der Waals surface area contributed by atoms with Gasteiger partial charge in [-0.25, -0.2) is 4.98 Å². The highest BCUT2D eigenvalue weighted by Gasteiger charge is 2.06. The Morgan fingerprint density at radius 1 is 1.36 bits per heavy atom. The summed E-state index contributed by atoms with van der Waals surface area (Å²) in [5.74, 6) is 1.30. The molecule has 8 heteroatoms. The number of nitrogens with zero attached hydrogens (tertiary/aromatic N) is 2. The normalized spacial score (nSPS) is 10.4. The van der Waals surface area contributed by atoms with Crippen LogP contribution in [0.5, 0.6) is 11.5 Å². The monoisotopic (exact) mass is 363 g/mol. The molecule has 2 rings (SSSR count). The second-order valence-corrected chi connectivity index (χ2v) is 5.87. The number of aryl methyl sites for hydroxylation is 2. The van der Waals surface area contributed by atoms with Crippen molar-refractivity contribution in [2.45, 2.75) is 19.9 Å². The van der Waals surface area contributed by atoms with Crippen molar-refractivity contribution in [3.63, 3.8) is 0 Å². The third-order valence-electron chi connectivity index (χ3n) is 3.58. The first-order valence-electron chi connectivity index (χ1n) is 8.16. The second kappa shape index (κ2) is 9.85. The summed E-state index contributed by atoms with van der Waals surface area (Å²) in [6.45, 7) is 4.62. The fraction of sp³-hybridized carbons (Fsp3) is 0.412. The van der Waals surface area contributed by atoms with Gasteiger partial charge in [-0.3, -0.25) is 0 Å². The van der Waals surface area contributed by atoms with E-state index in [1.807, 2.05) is 37.6 Å². The van der Waals surface area contributed by atoms with Gasteiger partial charge >= 0.3 is 0 Å². The summed E-state index contributed by atoms with van der Waals surface area (Å²) in [7, 11) is 1.60. The van der Waals surface area contributed by atoms with Gasteiger partial charge < -0.3 is 30.4 Å². The summed E-state index contributed by atoms with van der Waals surface area (Å²) < 4.78 is 13.0. The summed E-state index contributed by atoms with van der Waals surface area (Å²) >= 11 is 5.33. The zero-order valence-electron chi connectivity index (χ0n) is 14.6. The van der Waals surface area contributed by atoms with E-state index in [0.29, 0.717) is 29.8 Å². The maximum Gasteiger partial charge on any atom is 0.170 e. The van der Waals surface area contributed by atoms with E-state index in [0.717, 1.165) is 30.9 Å². The molecule has 0 unspecified atom stereocenters. The molecule has 7 nitrogen and oxygen atoms in total. The number of aromatic nitrogens is 2. The Bertz CT molecular complexity index is 689. The zero-order valence-corrected chi connectivity index (χ0v) is 15.4. The van der Waals surface area contributed by atoms with E-state index in [2.05, 4.69) is 20.2 Å². The zero-order chi connectivity index (χ0) is 18.1. The van der Waals surface area contributed by atoms with Crippen molar-refractivity contribution in [1.29, 1.82) is 0 Å². The molecule has 0 radical (unpaired) electrons. The molecule has 1 heterocycles. The molecule has 0 aliphatic heterocycles. The van der Waals surface area contributed by atoms with Gasteiger partial charge in [-0.1, -0.05) is 0 Å². The van der Waals surface area contributed by atoms with Gasteiger partial charge in [-0.15, -0.1) is 0 Å². The van der Waals surface area contributed by atoms with Crippen LogP contribution in [0.25, 0.3) is 0 Å². The van der Waals surface area contributed by atoms with Crippen LogP contribution >= 0.6 is 12.2 Å². The first-order chi connectivity index (χ1) is 12.1. The number of hydrogen-bond donors (Lipinski definition) is 3. The van der Waals surface area contributed by atoms with Crippen LogP contribution in [-0.2, 0) is 6.54 Å². The Morgan fingerprint density at radius 2 is 2.20 bits per heavy atom. The molecule has 0 amide bonds. The predicted molar refractivity (Wildman–Crippen MR) is 103 cm³/mol. The number of benzene rings is 1. The number of nitrogens with two attached hydrogens (primary N) is 1. The number of thiocarbonyl (C=S) groups is 1. The molecule has 0 saturated heterocycles. The van der Waals surface area contributed by atoms with E-state index < -0.39 is 0 Å². The summed E-state index contributed by atoms with van der Waals surface area (Å²) in [4.78, 5) is 4.11.